The summed E-state index contributed by atoms with van der Waals surface area (Å²) in [7, 11) is 0. The van der Waals surface area contributed by atoms with Crippen LogP contribution in [0.25, 0.3) is 198 Å². The molecule has 1 aliphatic rings. The molecule has 0 amide bonds. The maximum absolute atomic E-state index is 6.42. The van der Waals surface area contributed by atoms with Crippen LogP contribution in [0.4, 0.5) is 0 Å². The summed E-state index contributed by atoms with van der Waals surface area (Å²) in [6.45, 7) is 0. The van der Waals surface area contributed by atoms with Crippen LogP contribution in [0.2, 0.25) is 0 Å². The second kappa shape index (κ2) is 23.5. The number of furan rings is 3. The first kappa shape index (κ1) is 59.9. The molecule has 1 aliphatic heterocycles. The summed E-state index contributed by atoms with van der Waals surface area (Å²) in [5.41, 5.74) is 29.5. The van der Waals surface area contributed by atoms with Crippen LogP contribution in [0.3, 0.4) is 0 Å². The van der Waals surface area contributed by atoms with E-state index in [-0.39, 0.29) is 0 Å². The number of halogens is 1. The molecule has 0 radical (unpaired) electrons. The molecule has 0 fully saturated rings. The van der Waals surface area contributed by atoms with Gasteiger partial charge in [-0.05, 0) is 48.0 Å². The van der Waals surface area contributed by atoms with Crippen molar-refractivity contribution < 1.29 is 34.5 Å². The van der Waals surface area contributed by atoms with Crippen molar-refractivity contribution in [1.29, 1.82) is 0 Å². The molecule has 0 bridgehead atoms. The van der Waals surface area contributed by atoms with Gasteiger partial charge in [-0.1, -0.05) is 78.9 Å². The van der Waals surface area contributed by atoms with E-state index in [1.165, 1.54) is 35.9 Å². The van der Waals surface area contributed by atoms with Crippen LogP contribution < -0.4 is 21.2 Å². The van der Waals surface area contributed by atoms with E-state index in [0.717, 1.165) is 189 Å². The average Bonchev–Trinajstić information content (AvgIpc) is 1.60. The first-order valence-electron chi connectivity index (χ1n) is 36.2. The number of hydrogen-bond acceptors (Lipinski definition) is 4. The van der Waals surface area contributed by atoms with Gasteiger partial charge in [0.2, 0.25) is 0 Å². The van der Waals surface area contributed by atoms with E-state index in [1.54, 1.807) is 0 Å². The van der Waals surface area contributed by atoms with E-state index in [9.17, 15) is 0 Å². The van der Waals surface area contributed by atoms with Crippen molar-refractivity contribution in [3.63, 3.8) is 0 Å². The molecule has 22 aromatic rings. The van der Waals surface area contributed by atoms with Crippen molar-refractivity contribution >= 4 is 143 Å². The molecule has 23 rings (SSSR count). The van der Waals surface area contributed by atoms with Crippen LogP contribution >= 0.6 is 0 Å². The normalized spacial score (nSPS) is 12.8. The second-order valence-electron chi connectivity index (χ2n) is 28.1. The number of hydrogen-bond donors (Lipinski definition) is 0. The van der Waals surface area contributed by atoms with Gasteiger partial charge in [-0.25, -0.2) is 0 Å². The Balaban J connectivity index is 0.644. The van der Waals surface area contributed by atoms with Crippen molar-refractivity contribution in [2.24, 2.45) is 4.99 Å². The summed E-state index contributed by atoms with van der Waals surface area (Å²) >= 11 is -0.691. The third-order valence-corrected chi connectivity index (χ3v) is 24.7. The SMILES string of the molecule is C1=C(c2cccc(-n3c4ccccc4c4ccc(-c5ccc6c(c5)oc5ccccc56)cc43)c2)N=C(c2ccc(-n3c4ccccc4c4ccc(-c5ccc6c(c5)oc5ccccc56)cc43)cc2)c2cc(-c3ccc(-n4c5ccccc5c5ccc(-c6ccc7c(c6)oc6ccccc67)cc54)cc3)ccc2[I-]1. The van der Waals surface area contributed by atoms with E-state index in [2.05, 4.69) is 327 Å². The Labute approximate surface area is 622 Å². The van der Waals surface area contributed by atoms with E-state index >= 15 is 0 Å². The van der Waals surface area contributed by atoms with Gasteiger partial charge in [0.05, 0.1) is 0 Å². The Kier molecular flexibility index (Phi) is 13.2. The predicted molar refractivity (Wildman–Crippen MR) is 438 cm³/mol. The second-order valence-corrected chi connectivity index (χ2v) is 30.5. The Morgan fingerprint density at radius 2 is 0.551 bits per heavy atom. The van der Waals surface area contributed by atoms with Crippen molar-refractivity contribution in [3.05, 3.63) is 370 Å². The van der Waals surface area contributed by atoms with Crippen molar-refractivity contribution in [3.8, 4) is 61.6 Å². The van der Waals surface area contributed by atoms with Gasteiger partial charge in [-0.15, -0.1) is 0 Å². The zero-order valence-corrected chi connectivity index (χ0v) is 59.5. The monoisotopic (exact) mass is 1480 g/mol. The van der Waals surface area contributed by atoms with E-state index in [4.69, 9.17) is 18.2 Å². The molecule has 16 aromatic carbocycles. The minimum absolute atomic E-state index is 0.691. The third kappa shape index (κ3) is 9.48. The number of fused-ring (bicyclic) bond motifs is 19. The van der Waals surface area contributed by atoms with E-state index < -0.39 is 21.2 Å². The Bertz CT molecular complexity index is 7600. The zero-order chi connectivity index (χ0) is 70.0. The first-order valence-corrected chi connectivity index (χ1v) is 38.5. The minimum atomic E-state index is -0.691. The third-order valence-electron chi connectivity index (χ3n) is 22.1. The quantitative estimate of drug-likeness (QED) is 0.135. The Morgan fingerprint density at radius 1 is 0.215 bits per heavy atom. The topological polar surface area (TPSA) is 66.6 Å². The molecule has 6 aromatic heterocycles. The molecule has 7 heterocycles. The van der Waals surface area contributed by atoms with Crippen LogP contribution in [0.15, 0.2) is 368 Å². The van der Waals surface area contributed by atoms with Crippen LogP contribution in [0.1, 0.15) is 16.7 Å². The molecule has 0 saturated carbocycles. The van der Waals surface area contributed by atoms with Gasteiger partial charge < -0.3 is 13.3 Å². The molecule has 8 heteroatoms. The Morgan fingerprint density at radius 3 is 1.00 bits per heavy atom. The van der Waals surface area contributed by atoms with Gasteiger partial charge in [0, 0.05) is 32.3 Å². The van der Waals surface area contributed by atoms with Gasteiger partial charge >= 0.3 is 427 Å². The van der Waals surface area contributed by atoms with Crippen molar-refractivity contribution in [1.82, 2.24) is 13.7 Å². The van der Waals surface area contributed by atoms with Crippen LogP contribution in [0, 0.1) is 3.57 Å². The summed E-state index contributed by atoms with van der Waals surface area (Å²) in [5.74, 6) is 0. The standard InChI is InChI=1S/C99H58IN4O3/c1-7-22-87-72(16-1)75-43-32-62(65-35-46-81-78-19-4-10-25-93(78)105-96(81)55-65)52-90(75)102(87)69-39-28-59(29-40-69)61-38-49-85-84(51-61)99(60-30-41-70(42-31-60)103-88-23-8-2-17-73(88)76-44-33-63(53-91(76)103)66-36-47-82-79-20-5-11-26-94(79)106-97(82)56-66)101-86(58-100-85)68-14-13-15-71(50-68)104-89-24-9-3-18-74(89)77-45-34-64(54-92(77)104)67-37-48-83-80-21-6-12-27-95(80)107-98(83)57-67/h1-58H/q-1. The van der Waals surface area contributed by atoms with Gasteiger partial charge in [0.15, 0.2) is 0 Å². The Hall–Kier alpha value is -13.5. The van der Waals surface area contributed by atoms with Gasteiger partial charge in [0.1, 0.15) is 27.9 Å². The fraction of sp³-hybridized carbons (Fsp3) is 0. The van der Waals surface area contributed by atoms with E-state index in [0.29, 0.717) is 0 Å². The fourth-order valence-electron chi connectivity index (χ4n) is 17.0. The van der Waals surface area contributed by atoms with Gasteiger partial charge in [-0.2, -0.15) is 0 Å². The summed E-state index contributed by atoms with van der Waals surface area (Å²) in [4.78, 5) is 5.93. The van der Waals surface area contributed by atoms with Crippen LogP contribution in [-0.2, 0) is 0 Å². The summed E-state index contributed by atoms with van der Waals surface area (Å²) in [6, 6.07) is 126. The average molecular weight is 1480 g/mol. The van der Waals surface area contributed by atoms with Crippen LogP contribution in [-0.4, -0.2) is 19.4 Å². The first-order chi connectivity index (χ1) is 53.0. The molecule has 500 valence electrons. The molecule has 0 unspecified atom stereocenters. The number of aliphatic imine (C=N–C) groups is 1. The van der Waals surface area contributed by atoms with E-state index in [1.807, 2.05) is 36.4 Å². The molecule has 0 N–H and O–H groups in total. The number of aromatic nitrogens is 3. The number of nitrogens with zero attached hydrogens (tertiary/aromatic N) is 4. The predicted octanol–water partition coefficient (Wildman–Crippen LogP) is 23.5. The maximum atomic E-state index is 6.42. The van der Waals surface area contributed by atoms with Crippen molar-refractivity contribution in [2.45, 2.75) is 0 Å². The number of para-hydroxylation sites is 6. The number of rotatable bonds is 9. The summed E-state index contributed by atoms with van der Waals surface area (Å²) < 4.78 is 30.2. The molecule has 0 aliphatic carbocycles. The molecule has 0 spiro atoms. The van der Waals surface area contributed by atoms with Crippen molar-refractivity contribution in [2.75, 3.05) is 0 Å². The molecule has 0 saturated heterocycles. The zero-order valence-electron chi connectivity index (χ0n) is 57.4. The van der Waals surface area contributed by atoms with Crippen LogP contribution in [0.5, 0.6) is 0 Å². The molecular weight excluding hydrogens is 1420 g/mol. The molecular formula is C99H58IN4O3-. The fourth-order valence-corrected chi connectivity index (χ4v) is 19.3. The molecule has 7 nitrogen and oxygen atoms in total. The van der Waals surface area contributed by atoms with Gasteiger partial charge in [0.25, 0.3) is 0 Å². The van der Waals surface area contributed by atoms with Gasteiger partial charge in [-0.3, -0.25) is 0 Å². The summed E-state index contributed by atoms with van der Waals surface area (Å²) in [6.07, 6.45) is 0. The molecule has 0 atom stereocenters. The molecule has 107 heavy (non-hydrogen) atoms. The number of benzene rings is 16. The summed E-state index contributed by atoms with van der Waals surface area (Å²) in [5, 5.41) is 14.0.